The third-order valence-electron chi connectivity index (χ3n) is 2.19. The van der Waals surface area contributed by atoms with Crippen molar-refractivity contribution in [3.63, 3.8) is 0 Å². The van der Waals surface area contributed by atoms with E-state index in [-0.39, 0.29) is 12.3 Å². The van der Waals surface area contributed by atoms with Gasteiger partial charge in [-0.2, -0.15) is 0 Å². The van der Waals surface area contributed by atoms with E-state index in [0.717, 1.165) is 11.8 Å². The van der Waals surface area contributed by atoms with Crippen molar-refractivity contribution in [2.24, 2.45) is 7.05 Å². The number of rotatable bonds is 4. The molecule has 0 saturated carbocycles. The van der Waals surface area contributed by atoms with E-state index in [4.69, 9.17) is 5.11 Å². The highest BCUT2D eigenvalue weighted by Gasteiger charge is 2.17. The summed E-state index contributed by atoms with van der Waals surface area (Å²) in [6.45, 7) is -0.239. The molecule has 0 unspecified atom stereocenters. The third kappa shape index (κ3) is 2.46. The molecule has 18 heavy (non-hydrogen) atoms. The van der Waals surface area contributed by atoms with Crippen LogP contribution < -0.4 is 0 Å². The molecule has 1 aromatic heterocycles. The molecule has 0 fully saturated rings. The fourth-order valence-corrected chi connectivity index (χ4v) is 2.11. The van der Waals surface area contributed by atoms with E-state index in [2.05, 4.69) is 15.5 Å². The molecule has 94 valence electrons. The standard InChI is InChI=1S/C9H9N5O3S/c1-13-9(10-11-12-13)18-8-3-2-6(5-15)4-7(8)14(16)17/h2-4,15H,5H2,1H3. The first-order valence-corrected chi connectivity index (χ1v) is 5.72. The van der Waals surface area contributed by atoms with Crippen LogP contribution in [0, 0.1) is 10.1 Å². The Kier molecular flexibility index (Phi) is 3.53. The molecule has 1 N–H and O–H groups in total. The van der Waals surface area contributed by atoms with Crippen LogP contribution >= 0.6 is 11.8 Å². The van der Waals surface area contributed by atoms with E-state index in [0.29, 0.717) is 15.6 Å². The van der Waals surface area contributed by atoms with Gasteiger partial charge in [0, 0.05) is 13.1 Å². The van der Waals surface area contributed by atoms with Gasteiger partial charge in [0.05, 0.1) is 16.4 Å². The van der Waals surface area contributed by atoms with Crippen LogP contribution in [0.1, 0.15) is 5.56 Å². The van der Waals surface area contributed by atoms with Crippen LogP contribution in [0.2, 0.25) is 0 Å². The zero-order chi connectivity index (χ0) is 13.1. The number of nitro benzene ring substituents is 1. The van der Waals surface area contributed by atoms with Gasteiger partial charge in [-0.15, -0.1) is 5.10 Å². The lowest BCUT2D eigenvalue weighted by Crippen LogP contribution is -1.96. The van der Waals surface area contributed by atoms with Crippen molar-refractivity contribution < 1.29 is 10.0 Å². The topological polar surface area (TPSA) is 107 Å². The number of tetrazole rings is 1. The average Bonchev–Trinajstić information content (AvgIpc) is 2.75. The molecule has 0 saturated heterocycles. The lowest BCUT2D eigenvalue weighted by atomic mass is 10.2. The van der Waals surface area contributed by atoms with Gasteiger partial charge in [0.15, 0.2) is 0 Å². The van der Waals surface area contributed by atoms with E-state index in [1.165, 1.54) is 10.7 Å². The van der Waals surface area contributed by atoms with Crippen LogP contribution in [-0.4, -0.2) is 30.2 Å². The average molecular weight is 267 g/mol. The van der Waals surface area contributed by atoms with E-state index in [1.54, 1.807) is 19.2 Å². The summed E-state index contributed by atoms with van der Waals surface area (Å²) in [7, 11) is 1.65. The largest absolute Gasteiger partial charge is 0.392 e. The maximum atomic E-state index is 11.0. The molecule has 0 radical (unpaired) electrons. The van der Waals surface area contributed by atoms with Crippen molar-refractivity contribution >= 4 is 17.4 Å². The van der Waals surface area contributed by atoms with Crippen LogP contribution in [0.5, 0.6) is 0 Å². The summed E-state index contributed by atoms with van der Waals surface area (Å²) in [5, 5.41) is 31.2. The van der Waals surface area contributed by atoms with Crippen molar-refractivity contribution in [2.75, 3.05) is 0 Å². The Morgan fingerprint density at radius 3 is 2.89 bits per heavy atom. The van der Waals surface area contributed by atoms with Gasteiger partial charge < -0.3 is 5.11 Å². The van der Waals surface area contributed by atoms with E-state index < -0.39 is 4.92 Å². The first-order valence-electron chi connectivity index (χ1n) is 4.90. The summed E-state index contributed by atoms with van der Waals surface area (Å²) in [6, 6.07) is 4.54. The maximum Gasteiger partial charge on any atom is 0.283 e. The molecule has 0 aliphatic heterocycles. The Morgan fingerprint density at radius 1 is 1.56 bits per heavy atom. The van der Waals surface area contributed by atoms with E-state index in [9.17, 15) is 10.1 Å². The fourth-order valence-electron chi connectivity index (χ4n) is 1.30. The summed E-state index contributed by atoms with van der Waals surface area (Å²) in [6.07, 6.45) is 0. The lowest BCUT2D eigenvalue weighted by Gasteiger charge is -2.03. The number of nitro groups is 1. The monoisotopic (exact) mass is 267 g/mol. The summed E-state index contributed by atoms with van der Waals surface area (Å²) < 4.78 is 1.42. The molecule has 0 atom stereocenters. The molecule has 0 aliphatic rings. The third-order valence-corrected chi connectivity index (χ3v) is 3.28. The first kappa shape index (κ1) is 12.5. The highest BCUT2D eigenvalue weighted by Crippen LogP contribution is 2.33. The molecule has 1 aromatic carbocycles. The van der Waals surface area contributed by atoms with Gasteiger partial charge in [-0.3, -0.25) is 10.1 Å². The predicted molar refractivity (Wildman–Crippen MR) is 61.9 cm³/mol. The van der Waals surface area contributed by atoms with Crippen molar-refractivity contribution in [3.8, 4) is 0 Å². The number of nitrogens with zero attached hydrogens (tertiary/aromatic N) is 5. The second-order valence-electron chi connectivity index (χ2n) is 3.40. The lowest BCUT2D eigenvalue weighted by molar-refractivity contribution is -0.387. The molecule has 0 bridgehead atoms. The van der Waals surface area contributed by atoms with Gasteiger partial charge in [-0.25, -0.2) is 4.68 Å². The zero-order valence-electron chi connectivity index (χ0n) is 9.35. The predicted octanol–water partition coefficient (Wildman–Crippen LogP) is 0.762. The van der Waals surface area contributed by atoms with Gasteiger partial charge in [0.2, 0.25) is 5.16 Å². The second kappa shape index (κ2) is 5.10. The number of hydrogen-bond acceptors (Lipinski definition) is 7. The minimum atomic E-state index is -0.495. The second-order valence-corrected chi connectivity index (χ2v) is 4.41. The Morgan fingerprint density at radius 2 is 2.33 bits per heavy atom. The molecule has 0 aliphatic carbocycles. The normalized spacial score (nSPS) is 10.6. The molecule has 0 spiro atoms. The summed E-state index contributed by atoms with van der Waals surface area (Å²) in [5.74, 6) is 0. The summed E-state index contributed by atoms with van der Waals surface area (Å²) >= 11 is 1.10. The smallest absolute Gasteiger partial charge is 0.283 e. The molecule has 2 rings (SSSR count). The minimum absolute atomic E-state index is 0.0745. The highest BCUT2D eigenvalue weighted by atomic mass is 32.2. The Hall–Kier alpha value is -2.00. The van der Waals surface area contributed by atoms with Crippen LogP contribution in [0.25, 0.3) is 0 Å². The van der Waals surface area contributed by atoms with Crippen LogP contribution in [0.4, 0.5) is 5.69 Å². The number of aliphatic hydroxyl groups excluding tert-OH is 1. The fraction of sp³-hybridized carbons (Fsp3) is 0.222. The van der Waals surface area contributed by atoms with Crippen molar-refractivity contribution in [1.29, 1.82) is 0 Å². The van der Waals surface area contributed by atoms with Crippen LogP contribution in [0.15, 0.2) is 28.3 Å². The zero-order valence-corrected chi connectivity index (χ0v) is 10.2. The van der Waals surface area contributed by atoms with E-state index in [1.807, 2.05) is 0 Å². The van der Waals surface area contributed by atoms with Gasteiger partial charge in [0.25, 0.3) is 5.69 Å². The Balaban J connectivity index is 2.38. The maximum absolute atomic E-state index is 11.0. The van der Waals surface area contributed by atoms with Crippen LogP contribution in [-0.2, 0) is 13.7 Å². The van der Waals surface area contributed by atoms with Gasteiger partial charge in [-0.1, -0.05) is 6.07 Å². The van der Waals surface area contributed by atoms with Crippen molar-refractivity contribution in [2.45, 2.75) is 16.7 Å². The van der Waals surface area contributed by atoms with E-state index >= 15 is 0 Å². The first-order chi connectivity index (χ1) is 8.61. The van der Waals surface area contributed by atoms with Gasteiger partial charge in [0.1, 0.15) is 0 Å². The van der Waals surface area contributed by atoms with Crippen LogP contribution in [0.3, 0.4) is 0 Å². The van der Waals surface area contributed by atoms with Gasteiger partial charge in [-0.05, 0) is 33.8 Å². The number of aromatic nitrogens is 4. The molecule has 2 aromatic rings. The van der Waals surface area contributed by atoms with Gasteiger partial charge >= 0.3 is 0 Å². The molecular formula is C9H9N5O3S. The molecule has 9 heteroatoms. The molecule has 1 heterocycles. The molecule has 8 nitrogen and oxygen atoms in total. The van der Waals surface area contributed by atoms with Crippen molar-refractivity contribution in [3.05, 3.63) is 33.9 Å². The SMILES string of the molecule is Cn1nnnc1Sc1ccc(CO)cc1[N+](=O)[O-]. The Labute approximate surface area is 106 Å². The summed E-state index contributed by atoms with van der Waals surface area (Å²) in [4.78, 5) is 10.9. The quantitative estimate of drug-likeness (QED) is 0.643. The highest BCUT2D eigenvalue weighted by molar-refractivity contribution is 7.99. The summed E-state index contributed by atoms with van der Waals surface area (Å²) in [5.41, 5.74) is 0.414. The number of aliphatic hydroxyl groups is 1. The number of aryl methyl sites for hydroxylation is 1. The Bertz CT molecular complexity index is 585. The number of hydrogen-bond donors (Lipinski definition) is 1. The minimum Gasteiger partial charge on any atom is -0.392 e. The number of benzene rings is 1. The van der Waals surface area contributed by atoms with Crippen molar-refractivity contribution in [1.82, 2.24) is 20.2 Å². The molecule has 0 amide bonds. The molecular weight excluding hydrogens is 258 g/mol.